The molecule has 1 fully saturated rings. The van der Waals surface area contributed by atoms with Crippen LogP contribution in [0.15, 0.2) is 0 Å². The van der Waals surface area contributed by atoms with Crippen molar-refractivity contribution in [2.24, 2.45) is 0 Å². The van der Waals surface area contributed by atoms with Crippen LogP contribution in [0, 0.1) is 0 Å². The summed E-state index contributed by atoms with van der Waals surface area (Å²) >= 11 is 0. The maximum atomic E-state index is 12.8. The highest BCUT2D eigenvalue weighted by Crippen LogP contribution is 2.29. The Kier molecular flexibility index (Phi) is 19.3. The van der Waals surface area contributed by atoms with Crippen LogP contribution in [0.3, 0.4) is 0 Å². The predicted octanol–water partition coefficient (Wildman–Crippen LogP) is 5.30. The average molecular weight is 573 g/mol. The number of rotatable bonds is 21. The van der Waals surface area contributed by atoms with Crippen LogP contribution in [0.25, 0.3) is 0 Å². The molecule has 1 N–H and O–H groups in total. The molecule has 1 saturated heterocycles. The van der Waals surface area contributed by atoms with Crippen molar-refractivity contribution in [2.75, 3.05) is 6.61 Å². The van der Waals surface area contributed by atoms with Crippen molar-refractivity contribution < 1.29 is 48.0 Å². The van der Waals surface area contributed by atoms with Crippen molar-refractivity contribution >= 4 is 23.9 Å². The molecule has 0 aromatic rings. The van der Waals surface area contributed by atoms with Crippen molar-refractivity contribution in [1.29, 1.82) is 0 Å². The molecule has 1 rings (SSSR count). The van der Waals surface area contributed by atoms with Crippen molar-refractivity contribution in [3.63, 3.8) is 0 Å². The van der Waals surface area contributed by atoms with E-state index in [1.165, 1.54) is 0 Å². The lowest BCUT2D eigenvalue weighted by molar-refractivity contribution is -0.297. The van der Waals surface area contributed by atoms with Crippen molar-refractivity contribution in [3.8, 4) is 0 Å². The number of carbonyl (C=O) groups is 4. The number of unbranched alkanes of at least 4 members (excludes halogenated alkanes) is 8. The first-order valence-electron chi connectivity index (χ1n) is 15.3. The van der Waals surface area contributed by atoms with Gasteiger partial charge >= 0.3 is 23.9 Å². The van der Waals surface area contributed by atoms with Gasteiger partial charge in [-0.25, -0.2) is 0 Å². The third-order valence-corrected chi connectivity index (χ3v) is 6.76. The van der Waals surface area contributed by atoms with E-state index >= 15 is 0 Å². The van der Waals surface area contributed by atoms with Gasteiger partial charge in [0.05, 0.1) is 0 Å². The van der Waals surface area contributed by atoms with E-state index in [4.69, 9.17) is 23.7 Å². The topological polar surface area (TPSA) is 135 Å². The molecule has 232 valence electrons. The van der Waals surface area contributed by atoms with Gasteiger partial charge in [0.25, 0.3) is 0 Å². The monoisotopic (exact) mass is 572 g/mol. The summed E-state index contributed by atoms with van der Waals surface area (Å²) < 4.78 is 28.1. The Balaban J connectivity index is 3.17. The minimum atomic E-state index is -1.68. The minimum Gasteiger partial charge on any atom is -0.463 e. The van der Waals surface area contributed by atoms with E-state index in [0.29, 0.717) is 25.7 Å². The Morgan fingerprint density at radius 2 is 0.925 bits per heavy atom. The summed E-state index contributed by atoms with van der Waals surface area (Å²) in [6, 6.07) is 0. The van der Waals surface area contributed by atoms with Crippen LogP contribution in [0.4, 0.5) is 0 Å². The lowest BCUT2D eigenvalue weighted by atomic mass is 9.98. The fourth-order valence-corrected chi connectivity index (χ4v) is 4.39. The van der Waals surface area contributed by atoms with Crippen LogP contribution in [-0.4, -0.2) is 66.3 Å². The number of esters is 4. The van der Waals surface area contributed by atoms with Gasteiger partial charge < -0.3 is 28.8 Å². The third kappa shape index (κ3) is 14.4. The fraction of sp³-hybridized carbons (Fsp3) is 0.867. The molecule has 0 radical (unpaired) electrons. The molecule has 1 aliphatic rings. The number of aliphatic hydroxyl groups excluding tert-OH is 1. The second-order valence-corrected chi connectivity index (χ2v) is 10.4. The molecule has 0 aliphatic carbocycles. The van der Waals surface area contributed by atoms with E-state index in [0.717, 1.165) is 51.4 Å². The molecular formula is C30H52O10. The van der Waals surface area contributed by atoms with Crippen LogP contribution in [0.5, 0.6) is 0 Å². The van der Waals surface area contributed by atoms with Gasteiger partial charge in [-0.05, 0) is 25.7 Å². The van der Waals surface area contributed by atoms with E-state index in [1.54, 1.807) is 0 Å². The number of ether oxygens (including phenoxy) is 5. The largest absolute Gasteiger partial charge is 0.463 e. The molecule has 0 aromatic carbocycles. The van der Waals surface area contributed by atoms with Crippen LogP contribution >= 0.6 is 0 Å². The molecule has 1 aliphatic heterocycles. The summed E-state index contributed by atoms with van der Waals surface area (Å²) in [4.78, 5) is 50.4. The fourth-order valence-electron chi connectivity index (χ4n) is 4.39. The Bertz CT molecular complexity index is 740. The summed E-state index contributed by atoms with van der Waals surface area (Å²) in [5.41, 5.74) is 0. The number of carbonyl (C=O) groups excluding carboxylic acids is 4. The second kappa shape index (κ2) is 21.5. The van der Waals surface area contributed by atoms with Gasteiger partial charge in [0.15, 0.2) is 24.6 Å². The average Bonchev–Trinajstić information content (AvgIpc) is 2.91. The zero-order valence-electron chi connectivity index (χ0n) is 25.0. The summed E-state index contributed by atoms with van der Waals surface area (Å²) in [6.07, 6.45) is 3.36. The molecule has 0 amide bonds. The molecule has 0 aromatic heterocycles. The van der Waals surface area contributed by atoms with Gasteiger partial charge in [0.2, 0.25) is 0 Å². The maximum Gasteiger partial charge on any atom is 0.306 e. The van der Waals surface area contributed by atoms with E-state index in [-0.39, 0.29) is 32.3 Å². The summed E-state index contributed by atoms with van der Waals surface area (Å²) in [5.74, 6) is -2.14. The highest BCUT2D eigenvalue weighted by Gasteiger charge is 2.52. The van der Waals surface area contributed by atoms with Crippen LogP contribution in [-0.2, 0) is 42.9 Å². The molecule has 10 heteroatoms. The second-order valence-electron chi connectivity index (χ2n) is 10.4. The summed E-state index contributed by atoms with van der Waals surface area (Å²) in [7, 11) is 0. The highest BCUT2D eigenvalue weighted by atomic mass is 16.7. The van der Waals surface area contributed by atoms with E-state index < -0.39 is 54.6 Å². The first kappa shape index (κ1) is 35.8. The molecule has 40 heavy (non-hydrogen) atoms. The number of hydrogen-bond acceptors (Lipinski definition) is 10. The standard InChI is InChI=1S/C30H52O10/c1-5-9-13-17-23(31)36-21-22-27(38-24(32)18-14-10-6-2)28(39-25(33)19-15-11-7-3)29(30(35)37-22)40-26(34)20-16-12-8-4/h22,27-30,35H,5-21H2,1-4H3/t22-,27-,28+,29-,30+/m0/s1. The molecule has 0 unspecified atom stereocenters. The zero-order chi connectivity index (χ0) is 29.8. The number of aliphatic hydroxyl groups is 1. The lowest BCUT2D eigenvalue weighted by Crippen LogP contribution is -2.62. The SMILES string of the molecule is CCCCCC(=O)OC[C@@H]1O[C@@H](O)[C@@H](OC(=O)CCCCC)[C@H](OC(=O)CCCCC)[C@H]1OC(=O)CCCCC. The molecule has 0 saturated carbocycles. The van der Waals surface area contributed by atoms with Gasteiger partial charge in [0.1, 0.15) is 12.7 Å². The van der Waals surface area contributed by atoms with Crippen molar-refractivity contribution in [1.82, 2.24) is 0 Å². The Morgan fingerprint density at radius 1 is 0.550 bits per heavy atom. The van der Waals surface area contributed by atoms with Crippen LogP contribution < -0.4 is 0 Å². The van der Waals surface area contributed by atoms with Gasteiger partial charge in [-0.2, -0.15) is 0 Å². The van der Waals surface area contributed by atoms with Gasteiger partial charge in [-0.3, -0.25) is 19.2 Å². The van der Waals surface area contributed by atoms with Gasteiger partial charge in [-0.1, -0.05) is 79.1 Å². The quantitative estimate of drug-likeness (QED) is 0.110. The number of hydrogen-bond donors (Lipinski definition) is 1. The zero-order valence-corrected chi connectivity index (χ0v) is 25.0. The minimum absolute atomic E-state index is 0.118. The van der Waals surface area contributed by atoms with Crippen LogP contribution in [0.2, 0.25) is 0 Å². The van der Waals surface area contributed by atoms with Gasteiger partial charge in [0, 0.05) is 25.7 Å². The molecule has 10 nitrogen and oxygen atoms in total. The van der Waals surface area contributed by atoms with Gasteiger partial charge in [-0.15, -0.1) is 0 Å². The highest BCUT2D eigenvalue weighted by molar-refractivity contribution is 5.72. The third-order valence-electron chi connectivity index (χ3n) is 6.76. The van der Waals surface area contributed by atoms with E-state index in [2.05, 4.69) is 0 Å². The molecule has 5 atom stereocenters. The molecule has 0 spiro atoms. The smallest absolute Gasteiger partial charge is 0.306 e. The van der Waals surface area contributed by atoms with E-state index in [1.807, 2.05) is 27.7 Å². The first-order valence-corrected chi connectivity index (χ1v) is 15.3. The summed E-state index contributed by atoms with van der Waals surface area (Å²) in [6.45, 7) is 7.74. The van der Waals surface area contributed by atoms with Crippen LogP contribution in [0.1, 0.15) is 130 Å². The predicted molar refractivity (Wildman–Crippen MR) is 148 cm³/mol. The Morgan fingerprint density at radius 3 is 1.35 bits per heavy atom. The van der Waals surface area contributed by atoms with E-state index in [9.17, 15) is 24.3 Å². The summed E-state index contributed by atoms with van der Waals surface area (Å²) in [5, 5.41) is 10.8. The molecule has 1 heterocycles. The Labute approximate surface area is 239 Å². The molecule has 0 bridgehead atoms. The first-order chi connectivity index (χ1) is 19.3. The van der Waals surface area contributed by atoms with Crippen molar-refractivity contribution in [3.05, 3.63) is 0 Å². The Hall–Kier alpha value is -2.20. The normalized spacial score (nSPS) is 22.4. The van der Waals surface area contributed by atoms with Crippen molar-refractivity contribution in [2.45, 2.75) is 161 Å². The maximum absolute atomic E-state index is 12.8. The lowest BCUT2D eigenvalue weighted by Gasteiger charge is -2.43. The molecular weight excluding hydrogens is 520 g/mol.